The molecule has 4 atom stereocenters. The molecule has 2 bridgehead atoms. The number of fused-ring (bicyclic) bond motifs is 2. The van der Waals surface area contributed by atoms with Crippen LogP contribution in [0, 0.1) is 23.7 Å². The third-order valence-electron chi connectivity index (χ3n) is 3.90. The minimum absolute atomic E-state index is 1.06. The van der Waals surface area contributed by atoms with Crippen molar-refractivity contribution >= 4 is 0 Å². The smallest absolute Gasteiger partial charge is 0.0357 e. The van der Waals surface area contributed by atoms with Gasteiger partial charge < -0.3 is 0 Å². The lowest BCUT2D eigenvalue weighted by Gasteiger charge is -2.16. The van der Waals surface area contributed by atoms with Gasteiger partial charge in [-0.05, 0) is 42.9 Å². The average Bonchev–Trinajstić information content (AvgIpc) is 2.42. The molecule has 3 unspecified atom stereocenters. The summed E-state index contributed by atoms with van der Waals surface area (Å²) in [6.45, 7) is 4.82. The highest BCUT2D eigenvalue weighted by atomic mass is 14.5. The molecule has 0 heterocycles. The van der Waals surface area contributed by atoms with E-state index in [0.29, 0.717) is 0 Å². The molecule has 2 rings (SSSR count). The third-order valence-corrected chi connectivity index (χ3v) is 3.90. The van der Waals surface area contributed by atoms with Crippen molar-refractivity contribution in [1.82, 2.24) is 0 Å². The van der Waals surface area contributed by atoms with E-state index in [1.54, 1.807) is 19.3 Å². The molecule has 0 aromatic heterocycles. The van der Waals surface area contributed by atoms with E-state index in [-0.39, 0.29) is 0 Å². The first-order valence-electron chi connectivity index (χ1n) is 4.83. The molecular weight excluding hydrogens is 120 g/mol. The minimum Gasteiger partial charge on any atom is -0.0651 e. The van der Waals surface area contributed by atoms with Crippen LogP contribution in [0.5, 0.6) is 0 Å². The third kappa shape index (κ3) is 0.741. The molecule has 0 aromatic carbocycles. The zero-order chi connectivity index (χ0) is 7.14. The van der Waals surface area contributed by atoms with Gasteiger partial charge in [-0.2, -0.15) is 0 Å². The summed E-state index contributed by atoms with van der Waals surface area (Å²) in [5.74, 6) is 4.43. The van der Waals surface area contributed by atoms with E-state index >= 15 is 0 Å². The van der Waals surface area contributed by atoms with Gasteiger partial charge in [0, 0.05) is 0 Å². The van der Waals surface area contributed by atoms with E-state index in [1.165, 1.54) is 6.42 Å². The molecule has 0 saturated heterocycles. The van der Waals surface area contributed by atoms with Crippen molar-refractivity contribution in [3.05, 3.63) is 0 Å². The maximum absolute atomic E-state index is 2.45. The van der Waals surface area contributed by atoms with Crippen LogP contribution in [0.15, 0.2) is 0 Å². The normalized spacial score (nSPS) is 52.2. The maximum atomic E-state index is 2.45. The minimum atomic E-state index is 1.06. The quantitative estimate of drug-likeness (QED) is 0.522. The van der Waals surface area contributed by atoms with Crippen LogP contribution in [0.3, 0.4) is 0 Å². The lowest BCUT2D eigenvalue weighted by atomic mass is 9.89. The summed E-state index contributed by atoms with van der Waals surface area (Å²) in [5, 5.41) is 0. The van der Waals surface area contributed by atoms with Crippen LogP contribution in [-0.2, 0) is 0 Å². The van der Waals surface area contributed by atoms with E-state index < -0.39 is 0 Å². The largest absolute Gasteiger partial charge is 0.0651 e. The van der Waals surface area contributed by atoms with Crippen LogP contribution in [0.1, 0.15) is 39.5 Å². The SMILES string of the molecule is CC[C@H]1C2CCC1C(C)C2. The van der Waals surface area contributed by atoms with Gasteiger partial charge in [0.15, 0.2) is 0 Å². The van der Waals surface area contributed by atoms with Crippen molar-refractivity contribution < 1.29 is 0 Å². The zero-order valence-electron chi connectivity index (χ0n) is 7.14. The second kappa shape index (κ2) is 2.25. The van der Waals surface area contributed by atoms with Gasteiger partial charge in [0.2, 0.25) is 0 Å². The first-order chi connectivity index (χ1) is 4.83. The second-order valence-electron chi connectivity index (χ2n) is 4.29. The Bertz CT molecular complexity index is 128. The highest BCUT2D eigenvalue weighted by molar-refractivity contribution is 4.94. The van der Waals surface area contributed by atoms with Crippen molar-refractivity contribution in [2.45, 2.75) is 39.5 Å². The topological polar surface area (TPSA) is 0 Å². The summed E-state index contributed by atoms with van der Waals surface area (Å²) >= 11 is 0. The van der Waals surface area contributed by atoms with Crippen LogP contribution in [-0.4, -0.2) is 0 Å². The summed E-state index contributed by atoms with van der Waals surface area (Å²) in [5.41, 5.74) is 0. The van der Waals surface area contributed by atoms with E-state index in [9.17, 15) is 0 Å². The van der Waals surface area contributed by atoms with Crippen LogP contribution in [0.25, 0.3) is 0 Å². The van der Waals surface area contributed by atoms with Crippen molar-refractivity contribution in [2.75, 3.05) is 0 Å². The van der Waals surface area contributed by atoms with Gasteiger partial charge in [-0.15, -0.1) is 0 Å². The molecule has 0 N–H and O–H groups in total. The zero-order valence-corrected chi connectivity index (χ0v) is 7.14. The predicted molar refractivity (Wildman–Crippen MR) is 43.8 cm³/mol. The molecule has 0 spiro atoms. The highest BCUT2D eigenvalue weighted by Crippen LogP contribution is 2.53. The van der Waals surface area contributed by atoms with Crippen molar-refractivity contribution in [2.24, 2.45) is 23.7 Å². The highest BCUT2D eigenvalue weighted by Gasteiger charge is 2.44. The van der Waals surface area contributed by atoms with Crippen LogP contribution in [0.2, 0.25) is 0 Å². The number of hydrogen-bond donors (Lipinski definition) is 0. The molecule has 0 amide bonds. The monoisotopic (exact) mass is 138 g/mol. The lowest BCUT2D eigenvalue weighted by Crippen LogP contribution is -2.08. The Morgan fingerprint density at radius 1 is 1.30 bits per heavy atom. The Balaban J connectivity index is 2.11. The molecule has 0 aliphatic heterocycles. The molecule has 2 fully saturated rings. The fraction of sp³-hybridized carbons (Fsp3) is 1.00. The Labute approximate surface area is 64.0 Å². The van der Waals surface area contributed by atoms with Gasteiger partial charge in [0.25, 0.3) is 0 Å². The van der Waals surface area contributed by atoms with Crippen LogP contribution in [0.4, 0.5) is 0 Å². The molecular formula is C10H18. The molecule has 2 saturated carbocycles. The Hall–Kier alpha value is 0. The molecule has 0 aromatic rings. The average molecular weight is 138 g/mol. The van der Waals surface area contributed by atoms with E-state index in [4.69, 9.17) is 0 Å². The van der Waals surface area contributed by atoms with E-state index in [0.717, 1.165) is 23.7 Å². The Kier molecular flexibility index (Phi) is 1.51. The van der Waals surface area contributed by atoms with Gasteiger partial charge in [-0.25, -0.2) is 0 Å². The van der Waals surface area contributed by atoms with E-state index in [1.807, 2.05) is 0 Å². The fourth-order valence-electron chi connectivity index (χ4n) is 3.47. The summed E-state index contributed by atoms with van der Waals surface area (Å²) in [4.78, 5) is 0. The Morgan fingerprint density at radius 3 is 2.40 bits per heavy atom. The molecule has 0 nitrogen and oxygen atoms in total. The Morgan fingerprint density at radius 2 is 2.10 bits per heavy atom. The second-order valence-corrected chi connectivity index (χ2v) is 4.29. The summed E-state index contributed by atoms with van der Waals surface area (Å²) in [6.07, 6.45) is 6.08. The van der Waals surface area contributed by atoms with Crippen LogP contribution < -0.4 is 0 Å². The standard InChI is InChI=1S/C10H18/c1-3-9-8-4-5-10(9)7(2)6-8/h7-10H,3-6H2,1-2H3/t7?,8?,9-,10?/m0/s1. The molecule has 2 aliphatic carbocycles. The molecule has 58 valence electrons. The van der Waals surface area contributed by atoms with Crippen molar-refractivity contribution in [3.8, 4) is 0 Å². The van der Waals surface area contributed by atoms with E-state index in [2.05, 4.69) is 13.8 Å². The first kappa shape index (κ1) is 6.69. The van der Waals surface area contributed by atoms with Crippen molar-refractivity contribution in [1.29, 1.82) is 0 Å². The summed E-state index contributed by atoms with van der Waals surface area (Å²) < 4.78 is 0. The van der Waals surface area contributed by atoms with Gasteiger partial charge in [0.05, 0.1) is 0 Å². The molecule has 0 heteroatoms. The van der Waals surface area contributed by atoms with Gasteiger partial charge in [-0.1, -0.05) is 20.3 Å². The lowest BCUT2D eigenvalue weighted by molar-refractivity contribution is 0.336. The predicted octanol–water partition coefficient (Wildman–Crippen LogP) is 3.08. The fourth-order valence-corrected chi connectivity index (χ4v) is 3.47. The number of hydrogen-bond acceptors (Lipinski definition) is 0. The molecule has 0 radical (unpaired) electrons. The number of rotatable bonds is 1. The first-order valence-corrected chi connectivity index (χ1v) is 4.83. The van der Waals surface area contributed by atoms with Crippen LogP contribution >= 0.6 is 0 Å². The molecule has 10 heavy (non-hydrogen) atoms. The summed E-state index contributed by atoms with van der Waals surface area (Å²) in [7, 11) is 0. The van der Waals surface area contributed by atoms with Gasteiger partial charge >= 0.3 is 0 Å². The van der Waals surface area contributed by atoms with Gasteiger partial charge in [-0.3, -0.25) is 0 Å². The maximum Gasteiger partial charge on any atom is -0.0357 e. The van der Waals surface area contributed by atoms with Gasteiger partial charge in [0.1, 0.15) is 0 Å². The van der Waals surface area contributed by atoms with Crippen molar-refractivity contribution in [3.63, 3.8) is 0 Å². The molecule has 2 aliphatic rings. The summed E-state index contributed by atoms with van der Waals surface area (Å²) in [6, 6.07) is 0.